The van der Waals surface area contributed by atoms with Gasteiger partial charge in [-0.15, -0.1) is 0 Å². The van der Waals surface area contributed by atoms with Crippen molar-refractivity contribution in [1.82, 2.24) is 18.9 Å². The summed E-state index contributed by atoms with van der Waals surface area (Å²) in [5.41, 5.74) is 1.77. The molecule has 1 atom stereocenters. The normalized spacial score (nSPS) is 17.9. The maximum atomic E-state index is 13.8. The zero-order valence-corrected chi connectivity index (χ0v) is 25.6. The van der Waals surface area contributed by atoms with Gasteiger partial charge in [0, 0.05) is 39.6 Å². The van der Waals surface area contributed by atoms with E-state index in [1.54, 1.807) is 50.4 Å². The Kier molecular flexibility index (Phi) is 8.13. The number of fused-ring (bicyclic) bond motifs is 1. The molecule has 2 fully saturated rings. The summed E-state index contributed by atoms with van der Waals surface area (Å²) < 4.78 is 19.5. The molecule has 0 saturated carbocycles. The molecule has 230 valence electrons. The first-order valence-corrected chi connectivity index (χ1v) is 14.4. The van der Waals surface area contributed by atoms with Crippen LogP contribution >= 0.6 is 0 Å². The van der Waals surface area contributed by atoms with E-state index in [-0.39, 0.29) is 37.1 Å². The minimum atomic E-state index is -0.836. The molecule has 2 aliphatic heterocycles. The highest BCUT2D eigenvalue weighted by Gasteiger charge is 2.38. The van der Waals surface area contributed by atoms with Crippen LogP contribution in [0.1, 0.15) is 45.2 Å². The van der Waals surface area contributed by atoms with Gasteiger partial charge in [0.2, 0.25) is 5.91 Å². The fraction of sp³-hybridized carbons (Fsp3) is 0.484. The molecule has 43 heavy (non-hydrogen) atoms. The number of anilines is 1. The molecule has 3 amide bonds. The number of aryl methyl sites for hydroxylation is 1. The molecule has 2 aromatic carbocycles. The lowest BCUT2D eigenvalue weighted by molar-refractivity contribution is -0.151. The van der Waals surface area contributed by atoms with Crippen LogP contribution in [0.5, 0.6) is 11.5 Å². The SMILES string of the molecule is COc1ccc(CN2C(=O)CCC(n3c(=O)n(C)c4c(N5CCN(C(=O)OC(C)(C)C)CC5)c(OC)ccc43)C2=O)cc1. The van der Waals surface area contributed by atoms with E-state index in [9.17, 15) is 19.2 Å². The number of ether oxygens (including phenoxy) is 3. The molecular weight excluding hydrogens is 554 g/mol. The Morgan fingerprint density at radius 3 is 2.21 bits per heavy atom. The van der Waals surface area contributed by atoms with Crippen molar-refractivity contribution >= 4 is 34.6 Å². The predicted octanol–water partition coefficient (Wildman–Crippen LogP) is 3.30. The Morgan fingerprint density at radius 2 is 1.60 bits per heavy atom. The lowest BCUT2D eigenvalue weighted by atomic mass is 10.0. The average Bonchev–Trinajstić information content (AvgIpc) is 3.23. The molecule has 0 aliphatic carbocycles. The maximum Gasteiger partial charge on any atom is 0.410 e. The van der Waals surface area contributed by atoms with Gasteiger partial charge in [-0.2, -0.15) is 0 Å². The van der Waals surface area contributed by atoms with Crippen LogP contribution in [0.4, 0.5) is 10.5 Å². The number of imide groups is 1. The third-order valence-electron chi connectivity index (χ3n) is 7.94. The van der Waals surface area contributed by atoms with E-state index in [0.717, 1.165) is 11.3 Å². The summed E-state index contributed by atoms with van der Waals surface area (Å²) in [5, 5.41) is 0. The molecule has 0 bridgehead atoms. The Hall–Kier alpha value is -4.48. The zero-order chi connectivity index (χ0) is 31.1. The minimum absolute atomic E-state index is 0.110. The van der Waals surface area contributed by atoms with Crippen LogP contribution in [0.15, 0.2) is 41.2 Å². The fourth-order valence-corrected chi connectivity index (χ4v) is 5.79. The number of methoxy groups -OCH3 is 2. The van der Waals surface area contributed by atoms with Crippen LogP contribution < -0.4 is 20.1 Å². The number of carbonyl (C=O) groups excluding carboxylic acids is 3. The fourth-order valence-electron chi connectivity index (χ4n) is 5.79. The Balaban J connectivity index is 1.46. The first kappa shape index (κ1) is 30.0. The smallest absolute Gasteiger partial charge is 0.410 e. The summed E-state index contributed by atoms with van der Waals surface area (Å²) in [5.74, 6) is 0.579. The van der Waals surface area contributed by atoms with Crippen molar-refractivity contribution < 1.29 is 28.6 Å². The highest BCUT2D eigenvalue weighted by molar-refractivity contribution is 6.01. The monoisotopic (exact) mass is 593 g/mol. The molecule has 3 heterocycles. The van der Waals surface area contributed by atoms with Crippen molar-refractivity contribution in [2.24, 2.45) is 7.05 Å². The highest BCUT2D eigenvalue weighted by atomic mass is 16.6. The van der Waals surface area contributed by atoms with Gasteiger partial charge in [0.1, 0.15) is 28.8 Å². The molecule has 0 spiro atoms. The zero-order valence-electron chi connectivity index (χ0n) is 25.6. The number of benzene rings is 2. The van der Waals surface area contributed by atoms with Gasteiger partial charge in [0.05, 0.1) is 31.8 Å². The van der Waals surface area contributed by atoms with Gasteiger partial charge >= 0.3 is 11.8 Å². The van der Waals surface area contributed by atoms with Crippen LogP contribution in [0, 0.1) is 0 Å². The third-order valence-corrected chi connectivity index (χ3v) is 7.94. The molecule has 1 aromatic heterocycles. The van der Waals surface area contributed by atoms with Crippen molar-refractivity contribution in [3.05, 3.63) is 52.4 Å². The maximum absolute atomic E-state index is 13.8. The molecule has 5 rings (SSSR count). The molecule has 12 heteroatoms. The summed E-state index contributed by atoms with van der Waals surface area (Å²) >= 11 is 0. The Labute approximate surface area is 250 Å². The molecular formula is C31H39N5O7. The van der Waals surface area contributed by atoms with Gasteiger partial charge in [-0.25, -0.2) is 9.59 Å². The van der Waals surface area contributed by atoms with E-state index in [1.165, 1.54) is 14.0 Å². The van der Waals surface area contributed by atoms with Crippen molar-refractivity contribution in [1.29, 1.82) is 0 Å². The van der Waals surface area contributed by atoms with Crippen molar-refractivity contribution in [2.75, 3.05) is 45.3 Å². The number of rotatable bonds is 6. The summed E-state index contributed by atoms with van der Waals surface area (Å²) in [7, 11) is 4.82. The summed E-state index contributed by atoms with van der Waals surface area (Å²) in [6, 6.07) is 9.93. The standard InChI is InChI=1S/C31H39N5O7/c1-31(2,3)43-30(40)34-17-15-33(16-18-34)27-24(42-6)13-11-22-26(27)32(4)29(39)36(22)23-12-14-25(37)35(28(23)38)19-20-7-9-21(41-5)10-8-20/h7-11,13,23H,12,14-19H2,1-6H3. The van der Waals surface area contributed by atoms with E-state index in [1.807, 2.05) is 32.9 Å². The molecule has 0 radical (unpaired) electrons. The average molecular weight is 594 g/mol. The molecule has 2 aliphatic rings. The molecule has 1 unspecified atom stereocenters. The number of aromatic nitrogens is 2. The first-order valence-electron chi connectivity index (χ1n) is 14.4. The number of imidazole rings is 1. The third kappa shape index (κ3) is 5.78. The quantitative estimate of drug-likeness (QED) is 0.400. The van der Waals surface area contributed by atoms with E-state index >= 15 is 0 Å². The highest BCUT2D eigenvalue weighted by Crippen LogP contribution is 2.38. The van der Waals surface area contributed by atoms with Gasteiger partial charge in [0.25, 0.3) is 5.91 Å². The van der Waals surface area contributed by atoms with Gasteiger partial charge in [-0.3, -0.25) is 23.6 Å². The van der Waals surface area contributed by atoms with Gasteiger partial charge < -0.3 is 24.0 Å². The minimum Gasteiger partial charge on any atom is -0.497 e. The van der Waals surface area contributed by atoms with Crippen LogP contribution in [0.25, 0.3) is 11.0 Å². The van der Waals surface area contributed by atoms with E-state index < -0.39 is 17.6 Å². The lowest BCUT2D eigenvalue weighted by Gasteiger charge is -2.37. The molecule has 0 N–H and O–H groups in total. The summed E-state index contributed by atoms with van der Waals surface area (Å²) in [4.78, 5) is 58.1. The molecule has 2 saturated heterocycles. The first-order chi connectivity index (χ1) is 20.4. The van der Waals surface area contributed by atoms with E-state index in [4.69, 9.17) is 14.2 Å². The van der Waals surface area contributed by atoms with Crippen molar-refractivity contribution in [3.63, 3.8) is 0 Å². The van der Waals surface area contributed by atoms with E-state index in [2.05, 4.69) is 4.90 Å². The van der Waals surface area contributed by atoms with Crippen molar-refractivity contribution in [2.45, 2.75) is 51.8 Å². The number of likely N-dealkylation sites (tertiary alicyclic amines) is 1. The number of hydrogen-bond donors (Lipinski definition) is 0. The second-order valence-corrected chi connectivity index (χ2v) is 11.9. The topological polar surface area (TPSA) is 116 Å². The van der Waals surface area contributed by atoms with Crippen LogP contribution in [-0.2, 0) is 27.9 Å². The summed E-state index contributed by atoms with van der Waals surface area (Å²) in [6.45, 7) is 7.49. The number of carbonyl (C=O) groups is 3. The van der Waals surface area contributed by atoms with Crippen LogP contribution in [0.3, 0.4) is 0 Å². The molecule has 3 aromatic rings. The van der Waals surface area contributed by atoms with Gasteiger partial charge in [0.15, 0.2) is 0 Å². The second-order valence-electron chi connectivity index (χ2n) is 11.9. The number of hydrogen-bond acceptors (Lipinski definition) is 8. The van der Waals surface area contributed by atoms with E-state index in [0.29, 0.717) is 48.7 Å². The number of piperazine rings is 1. The van der Waals surface area contributed by atoms with Gasteiger partial charge in [-0.1, -0.05) is 12.1 Å². The second kappa shape index (κ2) is 11.7. The lowest BCUT2D eigenvalue weighted by Crippen LogP contribution is -2.50. The number of amides is 3. The molecule has 12 nitrogen and oxygen atoms in total. The Morgan fingerprint density at radius 1 is 0.930 bits per heavy atom. The largest absolute Gasteiger partial charge is 0.497 e. The number of nitrogens with zero attached hydrogens (tertiary/aromatic N) is 5. The van der Waals surface area contributed by atoms with Gasteiger partial charge in [-0.05, 0) is 57.0 Å². The number of piperidine rings is 1. The summed E-state index contributed by atoms with van der Waals surface area (Å²) in [6.07, 6.45) is 0.0111. The van der Waals surface area contributed by atoms with Crippen LogP contribution in [-0.4, -0.2) is 82.8 Å². The Bertz CT molecular complexity index is 1590. The van der Waals surface area contributed by atoms with Crippen molar-refractivity contribution in [3.8, 4) is 11.5 Å². The predicted molar refractivity (Wildman–Crippen MR) is 161 cm³/mol. The van der Waals surface area contributed by atoms with Crippen LogP contribution in [0.2, 0.25) is 0 Å².